The van der Waals surface area contributed by atoms with E-state index in [-0.39, 0.29) is 39.7 Å². The second-order valence-electron chi connectivity index (χ2n) is 4.86. The van der Waals surface area contributed by atoms with Gasteiger partial charge < -0.3 is 14.9 Å². The summed E-state index contributed by atoms with van der Waals surface area (Å²) in [6.07, 6.45) is 3.08. The van der Waals surface area contributed by atoms with Gasteiger partial charge in [0.1, 0.15) is 17.2 Å². The molecule has 0 aliphatic rings. The molecule has 2 aromatic rings. The van der Waals surface area contributed by atoms with Crippen LogP contribution in [0.3, 0.4) is 0 Å². The van der Waals surface area contributed by atoms with E-state index in [0.717, 1.165) is 0 Å². The number of aldehydes is 1. The zero-order valence-corrected chi connectivity index (χ0v) is 12.7. The van der Waals surface area contributed by atoms with E-state index < -0.39 is 0 Å². The molecule has 2 aromatic carbocycles. The smallest absolute Gasteiger partial charge is 0.185 e. The molecule has 0 amide bonds. The number of phenols is 2. The van der Waals surface area contributed by atoms with Crippen LogP contribution in [0.5, 0.6) is 17.2 Å². The van der Waals surface area contributed by atoms with Gasteiger partial charge in [0.15, 0.2) is 12.1 Å². The molecule has 0 radical (unpaired) electrons. The molecule has 0 spiro atoms. The highest BCUT2D eigenvalue weighted by Crippen LogP contribution is 2.41. The van der Waals surface area contributed by atoms with Crippen LogP contribution in [0, 0.1) is 6.92 Å². The zero-order chi connectivity index (χ0) is 17.0. The van der Waals surface area contributed by atoms with Crippen LogP contribution >= 0.6 is 0 Å². The molecule has 0 unspecified atom stereocenters. The summed E-state index contributed by atoms with van der Waals surface area (Å²) >= 11 is 0. The van der Waals surface area contributed by atoms with Crippen LogP contribution in [0.1, 0.15) is 31.8 Å². The average Bonchev–Trinajstić information content (AvgIpc) is 2.59. The van der Waals surface area contributed by atoms with Crippen molar-refractivity contribution < 1.29 is 24.5 Å². The Morgan fingerprint density at radius 2 is 1.70 bits per heavy atom. The molecule has 0 saturated carbocycles. The number of carbonyl (C=O) groups excluding carboxylic acids is 2. The highest BCUT2D eigenvalue weighted by molar-refractivity contribution is 6.07. The predicted octanol–water partition coefficient (Wildman–Crippen LogP) is 3.12. The fourth-order valence-electron chi connectivity index (χ4n) is 2.22. The monoisotopic (exact) mass is 312 g/mol. The highest BCUT2D eigenvalue weighted by Gasteiger charge is 2.20. The van der Waals surface area contributed by atoms with Gasteiger partial charge in [-0.15, -0.1) is 0 Å². The number of hydrogen-bond donors (Lipinski definition) is 2. The van der Waals surface area contributed by atoms with Crippen LogP contribution in [-0.4, -0.2) is 29.4 Å². The molecule has 0 fully saturated rings. The van der Waals surface area contributed by atoms with Gasteiger partial charge >= 0.3 is 0 Å². The van der Waals surface area contributed by atoms with Crippen LogP contribution in [-0.2, 0) is 0 Å². The summed E-state index contributed by atoms with van der Waals surface area (Å²) in [6, 6.07) is 8.63. The molecular weight excluding hydrogens is 296 g/mol. The quantitative estimate of drug-likeness (QED) is 0.503. The maximum absolute atomic E-state index is 12.1. The van der Waals surface area contributed by atoms with Crippen LogP contribution in [0.2, 0.25) is 0 Å². The lowest BCUT2D eigenvalue weighted by Crippen LogP contribution is -1.98. The zero-order valence-electron chi connectivity index (χ0n) is 12.7. The lowest BCUT2D eigenvalue weighted by Gasteiger charge is -2.14. The maximum Gasteiger partial charge on any atom is 0.185 e. The third kappa shape index (κ3) is 3.08. The number of aromatic hydroxyl groups is 2. The second-order valence-corrected chi connectivity index (χ2v) is 4.86. The maximum atomic E-state index is 12.1. The lowest BCUT2D eigenvalue weighted by atomic mass is 10.0. The minimum Gasteiger partial charge on any atom is -0.507 e. The first kappa shape index (κ1) is 16.3. The number of allylic oxidation sites excluding steroid dienone is 1. The Bertz CT molecular complexity index is 776. The van der Waals surface area contributed by atoms with E-state index in [4.69, 9.17) is 4.74 Å². The van der Waals surface area contributed by atoms with Crippen molar-refractivity contribution in [3.8, 4) is 17.2 Å². The summed E-state index contributed by atoms with van der Waals surface area (Å²) in [6.45, 7) is 1.47. The van der Waals surface area contributed by atoms with Crippen molar-refractivity contribution in [1.29, 1.82) is 0 Å². The molecule has 5 nitrogen and oxygen atoms in total. The first-order valence-electron chi connectivity index (χ1n) is 6.86. The third-order valence-electron chi connectivity index (χ3n) is 3.49. The van der Waals surface area contributed by atoms with Gasteiger partial charge in [0.2, 0.25) is 0 Å². The van der Waals surface area contributed by atoms with E-state index in [1.54, 1.807) is 30.3 Å². The van der Waals surface area contributed by atoms with Crippen LogP contribution in [0.15, 0.2) is 36.4 Å². The number of rotatable bonds is 5. The van der Waals surface area contributed by atoms with Crippen LogP contribution < -0.4 is 4.74 Å². The van der Waals surface area contributed by atoms with Crippen LogP contribution in [0.25, 0.3) is 6.08 Å². The number of ketones is 1. The summed E-state index contributed by atoms with van der Waals surface area (Å²) in [4.78, 5) is 23.3. The minimum absolute atomic E-state index is 0.0118. The van der Waals surface area contributed by atoms with E-state index in [2.05, 4.69) is 0 Å². The number of methoxy groups -OCH3 is 1. The number of benzene rings is 2. The Balaban J connectivity index is 2.51. The molecule has 0 aromatic heterocycles. The molecule has 0 heterocycles. The second kappa shape index (κ2) is 6.79. The van der Waals surface area contributed by atoms with Crippen molar-refractivity contribution >= 4 is 18.1 Å². The van der Waals surface area contributed by atoms with E-state index in [1.807, 2.05) is 0 Å². The van der Waals surface area contributed by atoms with Gasteiger partial charge in [-0.05, 0) is 19.1 Å². The summed E-state index contributed by atoms with van der Waals surface area (Å²) in [5, 5.41) is 20.1. The number of ether oxygens (including phenoxy) is 1. The average molecular weight is 312 g/mol. The molecule has 118 valence electrons. The SMILES string of the molecule is COc1c(C=O)c(O)c(C)c(O)c1C=CC(=O)c1ccccc1. The molecule has 0 saturated heterocycles. The summed E-state index contributed by atoms with van der Waals surface area (Å²) in [5.41, 5.74) is 0.719. The van der Waals surface area contributed by atoms with E-state index in [9.17, 15) is 19.8 Å². The van der Waals surface area contributed by atoms with Crippen LogP contribution in [0.4, 0.5) is 0 Å². The first-order valence-corrected chi connectivity index (χ1v) is 6.86. The van der Waals surface area contributed by atoms with Crippen molar-refractivity contribution in [2.75, 3.05) is 7.11 Å². The molecule has 0 aliphatic carbocycles. The Hall–Kier alpha value is -3.08. The Morgan fingerprint density at radius 3 is 2.26 bits per heavy atom. The van der Waals surface area contributed by atoms with Crippen molar-refractivity contribution in [2.45, 2.75) is 6.92 Å². The van der Waals surface area contributed by atoms with Gasteiger partial charge in [-0.25, -0.2) is 0 Å². The summed E-state index contributed by atoms with van der Waals surface area (Å²) in [5.74, 6) is -0.842. The minimum atomic E-state index is -0.346. The number of carbonyl (C=O) groups is 2. The molecule has 2 N–H and O–H groups in total. The van der Waals surface area contributed by atoms with Gasteiger partial charge in [0, 0.05) is 11.1 Å². The summed E-state index contributed by atoms with van der Waals surface area (Å²) < 4.78 is 5.11. The molecular formula is C18H16O5. The van der Waals surface area contributed by atoms with Crippen molar-refractivity contribution in [3.63, 3.8) is 0 Å². The fraction of sp³-hybridized carbons (Fsp3) is 0.111. The molecule has 2 rings (SSSR count). The fourth-order valence-corrected chi connectivity index (χ4v) is 2.22. The third-order valence-corrected chi connectivity index (χ3v) is 3.49. The molecule has 0 bridgehead atoms. The lowest BCUT2D eigenvalue weighted by molar-refractivity contribution is 0.104. The van der Waals surface area contributed by atoms with Crippen molar-refractivity contribution in [2.24, 2.45) is 0 Å². The van der Waals surface area contributed by atoms with Gasteiger partial charge in [-0.2, -0.15) is 0 Å². The number of hydrogen-bond acceptors (Lipinski definition) is 5. The van der Waals surface area contributed by atoms with Gasteiger partial charge in [0.25, 0.3) is 0 Å². The molecule has 23 heavy (non-hydrogen) atoms. The van der Waals surface area contributed by atoms with E-state index in [1.165, 1.54) is 26.2 Å². The van der Waals surface area contributed by atoms with E-state index >= 15 is 0 Å². The molecule has 0 atom stereocenters. The predicted molar refractivity (Wildman–Crippen MR) is 86.3 cm³/mol. The summed E-state index contributed by atoms with van der Waals surface area (Å²) in [7, 11) is 1.31. The Labute approximate surface area is 133 Å². The normalized spacial score (nSPS) is 10.7. The Kier molecular flexibility index (Phi) is 4.81. The van der Waals surface area contributed by atoms with Gasteiger partial charge in [-0.1, -0.05) is 30.3 Å². The highest BCUT2D eigenvalue weighted by atomic mass is 16.5. The largest absolute Gasteiger partial charge is 0.507 e. The standard InChI is InChI=1S/C18H16O5/c1-11-16(21)13(18(23-2)14(10-19)17(11)22)8-9-15(20)12-6-4-3-5-7-12/h3-10,21-22H,1-2H3. The molecule has 5 heteroatoms. The first-order chi connectivity index (χ1) is 11.0. The van der Waals surface area contributed by atoms with Gasteiger partial charge in [-0.3, -0.25) is 9.59 Å². The van der Waals surface area contributed by atoms with Crippen molar-refractivity contribution in [3.05, 3.63) is 58.7 Å². The Morgan fingerprint density at radius 1 is 1.09 bits per heavy atom. The van der Waals surface area contributed by atoms with Gasteiger partial charge in [0.05, 0.1) is 18.2 Å². The van der Waals surface area contributed by atoms with Crippen molar-refractivity contribution in [1.82, 2.24) is 0 Å². The molecule has 0 aliphatic heterocycles. The topological polar surface area (TPSA) is 83.8 Å². The van der Waals surface area contributed by atoms with E-state index in [0.29, 0.717) is 11.8 Å². The number of phenolic OH excluding ortho intramolecular Hbond substituents is 2.